The minimum absolute atomic E-state index is 0.0950. The highest BCUT2D eigenvalue weighted by atomic mass is 32.2. The molecule has 1 aliphatic rings. The molecule has 0 saturated carbocycles. The molecule has 0 radical (unpaired) electrons. The van der Waals surface area contributed by atoms with Crippen molar-refractivity contribution in [2.24, 2.45) is 13.0 Å². The molecule has 1 amide bonds. The van der Waals surface area contributed by atoms with Crippen molar-refractivity contribution < 1.29 is 9.53 Å². The molecule has 1 aromatic carbocycles. The Morgan fingerprint density at radius 2 is 2.06 bits per heavy atom. The molecular weight excluding hydrogens is 490 g/mol. The van der Waals surface area contributed by atoms with Gasteiger partial charge >= 0.3 is 0 Å². The molecule has 9 heteroatoms. The van der Waals surface area contributed by atoms with Crippen LogP contribution in [-0.4, -0.2) is 26.4 Å². The van der Waals surface area contributed by atoms with E-state index < -0.39 is 0 Å². The SMILES string of the molecule is CCC1CCc2c(sc(NC(=O)CSc3nnc(COc4ccc(C(C)(C)C)cc4)n3C)c2C#N)C1. The van der Waals surface area contributed by atoms with Crippen molar-refractivity contribution in [1.29, 1.82) is 5.26 Å². The number of anilines is 1. The van der Waals surface area contributed by atoms with Gasteiger partial charge in [0.15, 0.2) is 11.0 Å². The second kappa shape index (κ2) is 11.1. The van der Waals surface area contributed by atoms with Crippen LogP contribution in [0.1, 0.15) is 67.9 Å². The summed E-state index contributed by atoms with van der Waals surface area (Å²) < 4.78 is 7.74. The molecule has 2 aromatic heterocycles. The lowest BCUT2D eigenvalue weighted by Gasteiger charge is -2.20. The second-order valence-corrected chi connectivity index (χ2v) is 12.2. The average molecular weight is 524 g/mol. The number of carbonyl (C=O) groups is 1. The first kappa shape index (κ1) is 26.2. The fourth-order valence-electron chi connectivity index (χ4n) is 4.30. The van der Waals surface area contributed by atoms with E-state index in [2.05, 4.69) is 61.4 Å². The Morgan fingerprint density at radius 1 is 1.31 bits per heavy atom. The zero-order chi connectivity index (χ0) is 25.9. The van der Waals surface area contributed by atoms with Crippen molar-refractivity contribution in [2.45, 2.75) is 70.6 Å². The Kier molecular flexibility index (Phi) is 8.06. The van der Waals surface area contributed by atoms with Crippen LogP contribution in [0.15, 0.2) is 29.4 Å². The fourth-order valence-corrected chi connectivity index (χ4v) is 6.36. The number of benzene rings is 1. The lowest BCUT2D eigenvalue weighted by molar-refractivity contribution is -0.113. The number of thioether (sulfide) groups is 1. The van der Waals surface area contributed by atoms with Gasteiger partial charge in [-0.25, -0.2) is 0 Å². The largest absolute Gasteiger partial charge is 0.486 e. The number of hydrogen-bond acceptors (Lipinski definition) is 7. The highest BCUT2D eigenvalue weighted by Gasteiger charge is 2.26. The molecule has 2 heterocycles. The van der Waals surface area contributed by atoms with E-state index in [1.165, 1.54) is 22.2 Å². The van der Waals surface area contributed by atoms with Gasteiger partial charge in [0.2, 0.25) is 5.91 Å². The first-order valence-corrected chi connectivity index (χ1v) is 14.1. The van der Waals surface area contributed by atoms with E-state index in [0.717, 1.165) is 37.0 Å². The van der Waals surface area contributed by atoms with Gasteiger partial charge in [0.1, 0.15) is 23.4 Å². The molecule has 0 saturated heterocycles. The summed E-state index contributed by atoms with van der Waals surface area (Å²) in [6.45, 7) is 9.04. The van der Waals surface area contributed by atoms with Gasteiger partial charge in [0, 0.05) is 11.9 Å². The first-order chi connectivity index (χ1) is 17.2. The van der Waals surface area contributed by atoms with Gasteiger partial charge in [0.05, 0.1) is 11.3 Å². The van der Waals surface area contributed by atoms with Gasteiger partial charge in [-0.2, -0.15) is 5.26 Å². The van der Waals surface area contributed by atoms with E-state index in [4.69, 9.17) is 4.74 Å². The highest BCUT2D eigenvalue weighted by Crippen LogP contribution is 2.40. The van der Waals surface area contributed by atoms with Crippen LogP contribution in [0.3, 0.4) is 0 Å². The quantitative estimate of drug-likeness (QED) is 0.371. The van der Waals surface area contributed by atoms with Gasteiger partial charge in [0.25, 0.3) is 0 Å². The number of nitrogens with zero attached hydrogens (tertiary/aromatic N) is 4. The number of carbonyl (C=O) groups excluding carboxylic acids is 1. The lowest BCUT2D eigenvalue weighted by atomic mass is 9.86. The zero-order valence-corrected chi connectivity index (χ0v) is 23.2. The molecule has 1 atom stereocenters. The summed E-state index contributed by atoms with van der Waals surface area (Å²) in [5.41, 5.74) is 3.11. The highest BCUT2D eigenvalue weighted by molar-refractivity contribution is 7.99. The number of hydrogen-bond donors (Lipinski definition) is 1. The molecule has 0 bridgehead atoms. The molecule has 3 aromatic rings. The zero-order valence-electron chi connectivity index (χ0n) is 21.6. The third kappa shape index (κ3) is 5.93. The van der Waals surface area contributed by atoms with E-state index in [-0.39, 0.29) is 23.7 Å². The summed E-state index contributed by atoms with van der Waals surface area (Å²) in [5, 5.41) is 22.4. The van der Waals surface area contributed by atoms with E-state index in [1.807, 2.05) is 23.7 Å². The van der Waals surface area contributed by atoms with Crippen LogP contribution in [0.5, 0.6) is 5.75 Å². The van der Waals surface area contributed by atoms with Gasteiger partial charge in [-0.15, -0.1) is 21.5 Å². The lowest BCUT2D eigenvalue weighted by Crippen LogP contribution is -2.15. The molecule has 1 unspecified atom stereocenters. The van der Waals surface area contributed by atoms with Crippen molar-refractivity contribution in [2.75, 3.05) is 11.1 Å². The molecule has 0 aliphatic heterocycles. The van der Waals surface area contributed by atoms with Crippen LogP contribution in [0, 0.1) is 17.2 Å². The van der Waals surface area contributed by atoms with Crippen molar-refractivity contribution in [3.05, 3.63) is 51.7 Å². The summed E-state index contributed by atoms with van der Waals surface area (Å²) >= 11 is 2.87. The van der Waals surface area contributed by atoms with Crippen molar-refractivity contribution >= 4 is 34.0 Å². The van der Waals surface area contributed by atoms with Crippen molar-refractivity contribution in [3.63, 3.8) is 0 Å². The molecule has 1 N–H and O–H groups in total. The number of rotatable bonds is 8. The molecule has 7 nitrogen and oxygen atoms in total. The normalized spacial score (nSPS) is 15.3. The van der Waals surface area contributed by atoms with Gasteiger partial charge in [-0.1, -0.05) is 58.0 Å². The Balaban J connectivity index is 1.32. The minimum atomic E-state index is -0.151. The van der Waals surface area contributed by atoms with Crippen LogP contribution >= 0.6 is 23.1 Å². The summed E-state index contributed by atoms with van der Waals surface area (Å²) in [7, 11) is 1.87. The number of nitriles is 1. The molecule has 190 valence electrons. The van der Waals surface area contributed by atoms with Crippen molar-refractivity contribution in [1.82, 2.24) is 14.8 Å². The number of thiophene rings is 1. The molecule has 0 fully saturated rings. The molecule has 0 spiro atoms. The number of aromatic nitrogens is 3. The third-order valence-electron chi connectivity index (χ3n) is 6.66. The standard InChI is InChI=1S/C27H33N5O2S2/c1-6-17-7-12-20-21(14-28)25(36-22(20)13-17)29-24(33)16-35-26-31-30-23(32(26)5)15-34-19-10-8-18(9-11-19)27(2,3)4/h8-11,17H,6-7,12-13,15-16H2,1-5H3,(H,29,33). The summed E-state index contributed by atoms with van der Waals surface area (Å²) in [6.07, 6.45) is 4.17. The van der Waals surface area contributed by atoms with Crippen LogP contribution in [-0.2, 0) is 36.7 Å². The maximum atomic E-state index is 12.7. The first-order valence-electron chi connectivity index (χ1n) is 12.3. The maximum Gasteiger partial charge on any atom is 0.235 e. The Morgan fingerprint density at radius 3 is 2.72 bits per heavy atom. The Labute approximate surface area is 221 Å². The maximum absolute atomic E-state index is 12.7. The van der Waals surface area contributed by atoms with E-state index >= 15 is 0 Å². The second-order valence-electron chi connectivity index (χ2n) is 10.2. The Hall–Kier alpha value is -2.83. The average Bonchev–Trinajstić information content (AvgIpc) is 3.39. The molecule has 1 aliphatic carbocycles. The molecular formula is C27H33N5O2S2. The topological polar surface area (TPSA) is 92.8 Å². The molecule has 36 heavy (non-hydrogen) atoms. The predicted octanol–water partition coefficient (Wildman–Crippen LogP) is 5.87. The number of amides is 1. The van der Waals surface area contributed by atoms with Crippen LogP contribution < -0.4 is 10.1 Å². The van der Waals surface area contributed by atoms with E-state index in [1.54, 1.807) is 11.3 Å². The summed E-state index contributed by atoms with van der Waals surface area (Å²) in [6, 6.07) is 10.4. The van der Waals surface area contributed by atoms with Crippen molar-refractivity contribution in [3.8, 4) is 11.8 Å². The third-order valence-corrected chi connectivity index (χ3v) is 8.85. The summed E-state index contributed by atoms with van der Waals surface area (Å²) in [5.74, 6) is 2.16. The van der Waals surface area contributed by atoms with Gasteiger partial charge in [-0.3, -0.25) is 4.79 Å². The summed E-state index contributed by atoms with van der Waals surface area (Å²) in [4.78, 5) is 13.9. The number of nitrogens with one attached hydrogen (secondary N) is 1. The van der Waals surface area contributed by atoms with E-state index in [9.17, 15) is 10.1 Å². The monoisotopic (exact) mass is 523 g/mol. The number of ether oxygens (including phenoxy) is 1. The van der Waals surface area contributed by atoms with Crippen LogP contribution in [0.4, 0.5) is 5.00 Å². The fraction of sp³-hybridized carbons (Fsp3) is 0.481. The Bertz CT molecular complexity index is 1270. The smallest absolute Gasteiger partial charge is 0.235 e. The molecule has 4 rings (SSSR count). The predicted molar refractivity (Wildman–Crippen MR) is 145 cm³/mol. The minimum Gasteiger partial charge on any atom is -0.486 e. The van der Waals surface area contributed by atoms with Crippen LogP contribution in [0.2, 0.25) is 0 Å². The number of fused-ring (bicyclic) bond motifs is 1. The van der Waals surface area contributed by atoms with E-state index in [0.29, 0.717) is 27.5 Å². The van der Waals surface area contributed by atoms with Gasteiger partial charge in [-0.05, 0) is 53.9 Å². The van der Waals surface area contributed by atoms with Crippen LogP contribution in [0.25, 0.3) is 0 Å². The van der Waals surface area contributed by atoms with Gasteiger partial charge < -0.3 is 14.6 Å².